The van der Waals surface area contributed by atoms with Crippen molar-refractivity contribution in [3.05, 3.63) is 53.3 Å². The van der Waals surface area contributed by atoms with E-state index in [1.807, 2.05) is 36.1 Å². The minimum atomic E-state index is -0.326. The van der Waals surface area contributed by atoms with Crippen molar-refractivity contribution < 1.29 is 14.3 Å². The minimum Gasteiger partial charge on any atom is -0.447 e. The first-order valence-electron chi connectivity index (χ1n) is 12.4. The van der Waals surface area contributed by atoms with E-state index in [-0.39, 0.29) is 24.2 Å². The zero-order valence-corrected chi connectivity index (χ0v) is 19.2. The van der Waals surface area contributed by atoms with Crippen molar-refractivity contribution in [1.82, 2.24) is 15.1 Å². The molecule has 2 saturated carbocycles. The van der Waals surface area contributed by atoms with Gasteiger partial charge in [-0.3, -0.25) is 14.6 Å². The molecule has 2 amide bonds. The molecule has 1 aromatic rings. The van der Waals surface area contributed by atoms with Gasteiger partial charge in [-0.15, -0.1) is 0 Å². The number of anilines is 1. The molecule has 7 nitrogen and oxygen atoms in total. The molecule has 5 aliphatic rings. The molecule has 33 heavy (non-hydrogen) atoms. The fourth-order valence-electron chi connectivity index (χ4n) is 5.32. The van der Waals surface area contributed by atoms with Gasteiger partial charge in [0.2, 0.25) is 0 Å². The molecule has 1 N–H and O–H groups in total. The molecule has 6 rings (SSSR count). The van der Waals surface area contributed by atoms with Gasteiger partial charge in [-0.2, -0.15) is 0 Å². The molecule has 0 radical (unpaired) electrons. The summed E-state index contributed by atoms with van der Waals surface area (Å²) >= 11 is 0. The lowest BCUT2D eigenvalue weighted by Gasteiger charge is -2.41. The number of dihydropyridines is 1. The van der Waals surface area contributed by atoms with E-state index in [2.05, 4.69) is 22.5 Å². The molecular formula is C26H32N4O3. The standard InChI is InChI=1S/C26H32N4O3/c1-17-16-33-26(32)30(17)22-8-6-20(7-9-22)25(31)29-12-10-28(11-13-29)24-23(19-4-5-19)14-21(15-27-24)18-2-3-18/h6-9,14-15,17-19,24,27H,2-5,10-13,16H2,1H3/t17-,24?/m1/s1. The summed E-state index contributed by atoms with van der Waals surface area (Å²) in [6, 6.07) is 7.33. The molecule has 1 unspecified atom stereocenters. The summed E-state index contributed by atoms with van der Waals surface area (Å²) in [5, 5.41) is 3.70. The van der Waals surface area contributed by atoms with Crippen LogP contribution in [0.15, 0.2) is 47.7 Å². The van der Waals surface area contributed by atoms with Crippen LogP contribution in [0.25, 0.3) is 0 Å². The molecule has 3 aliphatic heterocycles. The van der Waals surface area contributed by atoms with Gasteiger partial charge in [0.1, 0.15) is 12.8 Å². The number of nitrogens with one attached hydrogen (secondary N) is 1. The van der Waals surface area contributed by atoms with Crippen LogP contribution in [-0.2, 0) is 4.74 Å². The monoisotopic (exact) mass is 448 g/mol. The highest BCUT2D eigenvalue weighted by Gasteiger charge is 2.38. The Hall–Kier alpha value is -2.80. The number of cyclic esters (lactones) is 1. The van der Waals surface area contributed by atoms with Crippen LogP contribution < -0.4 is 10.2 Å². The number of ether oxygens (including phenoxy) is 1. The molecular weight excluding hydrogens is 416 g/mol. The Morgan fingerprint density at radius 1 is 1.00 bits per heavy atom. The molecule has 174 valence electrons. The van der Waals surface area contributed by atoms with E-state index in [0.717, 1.165) is 43.7 Å². The minimum absolute atomic E-state index is 0.00491. The van der Waals surface area contributed by atoms with Crippen LogP contribution in [0.2, 0.25) is 0 Å². The maximum Gasteiger partial charge on any atom is 0.414 e. The third kappa shape index (κ3) is 4.03. The fraction of sp³-hybridized carbons (Fsp3) is 0.538. The van der Waals surface area contributed by atoms with Crippen LogP contribution in [-0.4, -0.2) is 66.8 Å². The Morgan fingerprint density at radius 2 is 1.70 bits per heavy atom. The highest BCUT2D eigenvalue weighted by Crippen LogP contribution is 2.44. The van der Waals surface area contributed by atoms with Crippen molar-refractivity contribution in [2.75, 3.05) is 37.7 Å². The summed E-state index contributed by atoms with van der Waals surface area (Å²) in [5.74, 6) is 1.56. The zero-order valence-electron chi connectivity index (χ0n) is 19.2. The van der Waals surface area contributed by atoms with Crippen molar-refractivity contribution in [1.29, 1.82) is 0 Å². The van der Waals surface area contributed by atoms with Crippen molar-refractivity contribution in [3.8, 4) is 0 Å². The zero-order chi connectivity index (χ0) is 22.5. The number of nitrogens with zero attached hydrogens (tertiary/aromatic N) is 3. The predicted molar refractivity (Wildman–Crippen MR) is 126 cm³/mol. The lowest BCUT2D eigenvalue weighted by atomic mass is 9.98. The molecule has 4 fully saturated rings. The van der Waals surface area contributed by atoms with Crippen LogP contribution in [0.3, 0.4) is 0 Å². The number of hydrogen-bond acceptors (Lipinski definition) is 5. The Labute approximate surface area is 195 Å². The van der Waals surface area contributed by atoms with E-state index in [1.54, 1.807) is 10.5 Å². The first-order chi connectivity index (χ1) is 16.1. The number of benzene rings is 1. The third-order valence-electron chi connectivity index (χ3n) is 7.60. The van der Waals surface area contributed by atoms with Gasteiger partial charge in [0.15, 0.2) is 0 Å². The van der Waals surface area contributed by atoms with Gasteiger partial charge in [0, 0.05) is 43.6 Å². The molecule has 2 aliphatic carbocycles. The highest BCUT2D eigenvalue weighted by molar-refractivity contribution is 5.96. The third-order valence-corrected chi connectivity index (χ3v) is 7.60. The number of carbonyl (C=O) groups is 2. The van der Waals surface area contributed by atoms with E-state index in [4.69, 9.17) is 4.74 Å². The molecule has 2 saturated heterocycles. The van der Waals surface area contributed by atoms with Crippen molar-refractivity contribution >= 4 is 17.7 Å². The number of piperazine rings is 1. The second-order valence-corrected chi connectivity index (χ2v) is 10.1. The number of amides is 2. The van der Waals surface area contributed by atoms with E-state index < -0.39 is 0 Å². The summed E-state index contributed by atoms with van der Waals surface area (Å²) in [6.45, 7) is 5.55. The van der Waals surface area contributed by atoms with Gasteiger partial charge in [0.25, 0.3) is 5.91 Å². The second-order valence-electron chi connectivity index (χ2n) is 10.1. The lowest BCUT2D eigenvalue weighted by molar-refractivity contribution is 0.0574. The smallest absolute Gasteiger partial charge is 0.414 e. The SMILES string of the molecule is C[C@@H]1COC(=O)N1c1ccc(C(=O)N2CCN(C3NC=C(C4CC4)C=C3C3CC3)CC2)cc1. The Morgan fingerprint density at radius 3 is 2.30 bits per heavy atom. The first-order valence-corrected chi connectivity index (χ1v) is 12.4. The molecule has 2 atom stereocenters. The summed E-state index contributed by atoms with van der Waals surface area (Å²) in [4.78, 5) is 31.2. The van der Waals surface area contributed by atoms with Gasteiger partial charge in [-0.05, 0) is 79.9 Å². The number of carbonyl (C=O) groups excluding carboxylic acids is 2. The quantitative estimate of drug-likeness (QED) is 0.749. The van der Waals surface area contributed by atoms with Gasteiger partial charge >= 0.3 is 6.09 Å². The second kappa shape index (κ2) is 8.20. The Kier molecular flexibility index (Phi) is 5.17. The Balaban J connectivity index is 1.08. The number of allylic oxidation sites excluding steroid dienone is 2. The van der Waals surface area contributed by atoms with E-state index in [9.17, 15) is 9.59 Å². The average Bonchev–Trinajstić information content (AvgIpc) is 3.77. The topological polar surface area (TPSA) is 65.1 Å². The molecule has 1 aromatic carbocycles. The summed E-state index contributed by atoms with van der Waals surface area (Å²) < 4.78 is 5.11. The predicted octanol–water partition coefficient (Wildman–Crippen LogP) is 3.35. The van der Waals surface area contributed by atoms with Gasteiger partial charge in [-0.1, -0.05) is 6.08 Å². The van der Waals surface area contributed by atoms with E-state index in [0.29, 0.717) is 12.2 Å². The van der Waals surface area contributed by atoms with Crippen molar-refractivity contribution in [2.45, 2.75) is 44.8 Å². The summed E-state index contributed by atoms with van der Waals surface area (Å²) in [5.41, 5.74) is 4.48. The molecule has 3 heterocycles. The normalized spacial score (nSPS) is 28.2. The number of hydrogen-bond donors (Lipinski definition) is 1. The fourth-order valence-corrected chi connectivity index (χ4v) is 5.32. The van der Waals surface area contributed by atoms with Crippen LogP contribution >= 0.6 is 0 Å². The maximum absolute atomic E-state index is 13.1. The summed E-state index contributed by atoms with van der Waals surface area (Å²) in [7, 11) is 0. The molecule has 0 bridgehead atoms. The molecule has 0 spiro atoms. The van der Waals surface area contributed by atoms with Crippen LogP contribution in [0, 0.1) is 11.8 Å². The van der Waals surface area contributed by atoms with Gasteiger partial charge in [-0.25, -0.2) is 4.79 Å². The summed E-state index contributed by atoms with van der Waals surface area (Å²) in [6.07, 6.45) is 9.95. The van der Waals surface area contributed by atoms with Crippen LogP contribution in [0.1, 0.15) is 43.0 Å². The largest absolute Gasteiger partial charge is 0.447 e. The Bertz CT molecular complexity index is 1000. The average molecular weight is 449 g/mol. The van der Waals surface area contributed by atoms with Crippen LogP contribution in [0.4, 0.5) is 10.5 Å². The van der Waals surface area contributed by atoms with Crippen molar-refractivity contribution in [2.24, 2.45) is 11.8 Å². The lowest BCUT2D eigenvalue weighted by Crippen LogP contribution is -2.56. The molecule has 7 heteroatoms. The highest BCUT2D eigenvalue weighted by atomic mass is 16.6. The van der Waals surface area contributed by atoms with Gasteiger partial charge < -0.3 is 15.0 Å². The van der Waals surface area contributed by atoms with Crippen molar-refractivity contribution in [3.63, 3.8) is 0 Å². The van der Waals surface area contributed by atoms with Gasteiger partial charge in [0.05, 0.1) is 6.04 Å². The van der Waals surface area contributed by atoms with Crippen LogP contribution in [0.5, 0.6) is 0 Å². The van der Waals surface area contributed by atoms with E-state index in [1.165, 1.54) is 31.3 Å². The van der Waals surface area contributed by atoms with E-state index >= 15 is 0 Å². The number of rotatable bonds is 5. The molecule has 0 aromatic heterocycles. The maximum atomic E-state index is 13.1. The first kappa shape index (κ1) is 20.8.